The number of benzene rings is 2. The largest absolute Gasteiger partial charge is 0.361 e. The maximum atomic E-state index is 12.3. The van der Waals surface area contributed by atoms with Gasteiger partial charge in [0.2, 0.25) is 5.91 Å². The third-order valence-corrected chi connectivity index (χ3v) is 4.39. The van der Waals surface area contributed by atoms with Gasteiger partial charge in [-0.15, -0.1) is 0 Å². The van der Waals surface area contributed by atoms with Crippen molar-refractivity contribution in [2.24, 2.45) is 5.73 Å². The van der Waals surface area contributed by atoms with Crippen LogP contribution in [0.3, 0.4) is 0 Å². The number of para-hydroxylation sites is 1. The molecular formula is C18H18ClN3O. The Morgan fingerprint density at radius 2 is 2.04 bits per heavy atom. The van der Waals surface area contributed by atoms with Crippen molar-refractivity contribution >= 4 is 34.1 Å². The molecule has 3 aromatic rings. The highest BCUT2D eigenvalue weighted by molar-refractivity contribution is 6.31. The number of H-pyrrole nitrogens is 1. The van der Waals surface area contributed by atoms with Crippen molar-refractivity contribution in [3.05, 3.63) is 64.8 Å². The van der Waals surface area contributed by atoms with Crippen molar-refractivity contribution in [1.82, 2.24) is 4.98 Å². The second kappa shape index (κ2) is 6.44. The fourth-order valence-electron chi connectivity index (χ4n) is 2.60. The number of nitrogens with two attached hydrogens (primary N) is 1. The predicted octanol–water partition coefficient (Wildman–Crippen LogP) is 3.64. The number of nitrogens with one attached hydrogen (secondary N) is 2. The smallest absolute Gasteiger partial charge is 0.241 e. The summed E-state index contributed by atoms with van der Waals surface area (Å²) in [4.78, 5) is 15.5. The number of anilines is 1. The highest BCUT2D eigenvalue weighted by atomic mass is 35.5. The number of rotatable bonds is 4. The average Bonchev–Trinajstić information content (AvgIpc) is 2.95. The summed E-state index contributed by atoms with van der Waals surface area (Å²) in [5.41, 5.74) is 9.68. The molecule has 0 radical (unpaired) electrons. The van der Waals surface area contributed by atoms with E-state index in [1.165, 1.54) is 0 Å². The summed E-state index contributed by atoms with van der Waals surface area (Å²) in [6.45, 7) is 1.86. The maximum Gasteiger partial charge on any atom is 0.241 e. The van der Waals surface area contributed by atoms with E-state index in [0.717, 1.165) is 22.0 Å². The lowest BCUT2D eigenvalue weighted by Crippen LogP contribution is -2.37. The number of aromatic nitrogens is 1. The molecule has 3 rings (SSSR count). The molecule has 0 unspecified atom stereocenters. The number of halogens is 1. The fourth-order valence-corrected chi connectivity index (χ4v) is 2.77. The molecule has 118 valence electrons. The van der Waals surface area contributed by atoms with Crippen LogP contribution in [0, 0.1) is 6.92 Å². The van der Waals surface area contributed by atoms with Crippen molar-refractivity contribution in [2.45, 2.75) is 19.4 Å². The topological polar surface area (TPSA) is 70.9 Å². The maximum absolute atomic E-state index is 12.3. The van der Waals surface area contributed by atoms with Gasteiger partial charge in [-0.05, 0) is 42.7 Å². The van der Waals surface area contributed by atoms with E-state index >= 15 is 0 Å². The van der Waals surface area contributed by atoms with Crippen LogP contribution in [0.1, 0.15) is 11.1 Å². The summed E-state index contributed by atoms with van der Waals surface area (Å²) in [5, 5.41) is 4.56. The molecule has 0 aliphatic rings. The molecule has 0 saturated heterocycles. The molecule has 0 saturated carbocycles. The van der Waals surface area contributed by atoms with Gasteiger partial charge in [-0.2, -0.15) is 0 Å². The second-order valence-corrected chi connectivity index (χ2v) is 5.98. The highest BCUT2D eigenvalue weighted by Gasteiger charge is 2.17. The van der Waals surface area contributed by atoms with Gasteiger partial charge in [0.05, 0.1) is 6.04 Å². The Hall–Kier alpha value is -2.30. The minimum Gasteiger partial charge on any atom is -0.361 e. The van der Waals surface area contributed by atoms with Gasteiger partial charge in [0.1, 0.15) is 0 Å². The number of carbonyl (C=O) groups is 1. The van der Waals surface area contributed by atoms with Gasteiger partial charge < -0.3 is 16.0 Å². The van der Waals surface area contributed by atoms with Crippen molar-refractivity contribution in [3.8, 4) is 0 Å². The first-order chi connectivity index (χ1) is 11.1. The van der Waals surface area contributed by atoms with E-state index in [2.05, 4.69) is 10.3 Å². The summed E-state index contributed by atoms with van der Waals surface area (Å²) < 4.78 is 0. The van der Waals surface area contributed by atoms with Crippen molar-refractivity contribution < 1.29 is 4.79 Å². The minimum absolute atomic E-state index is 0.222. The monoisotopic (exact) mass is 327 g/mol. The van der Waals surface area contributed by atoms with E-state index in [4.69, 9.17) is 17.3 Å². The molecule has 0 bridgehead atoms. The first-order valence-corrected chi connectivity index (χ1v) is 7.80. The molecule has 1 heterocycles. The molecule has 0 aliphatic heterocycles. The van der Waals surface area contributed by atoms with Crippen LogP contribution in [0.5, 0.6) is 0 Å². The Kier molecular flexibility index (Phi) is 4.37. The number of hydrogen-bond donors (Lipinski definition) is 3. The normalized spacial score (nSPS) is 12.3. The van der Waals surface area contributed by atoms with E-state index in [1.54, 1.807) is 12.1 Å². The van der Waals surface area contributed by atoms with Crippen LogP contribution in [0.2, 0.25) is 5.02 Å². The minimum atomic E-state index is -0.632. The van der Waals surface area contributed by atoms with Crippen molar-refractivity contribution in [3.63, 3.8) is 0 Å². The van der Waals surface area contributed by atoms with Gasteiger partial charge in [0.15, 0.2) is 0 Å². The van der Waals surface area contributed by atoms with Crippen LogP contribution in [-0.2, 0) is 11.2 Å². The fraction of sp³-hybridized carbons (Fsp3) is 0.167. The Morgan fingerprint density at radius 3 is 2.87 bits per heavy atom. The van der Waals surface area contributed by atoms with Crippen LogP contribution in [-0.4, -0.2) is 16.9 Å². The molecule has 1 atom stereocenters. The summed E-state index contributed by atoms with van der Waals surface area (Å²) in [6, 6.07) is 12.7. The van der Waals surface area contributed by atoms with Gasteiger partial charge in [0, 0.05) is 27.8 Å². The molecular weight excluding hydrogens is 310 g/mol. The first kappa shape index (κ1) is 15.6. The van der Waals surface area contributed by atoms with E-state index in [0.29, 0.717) is 17.1 Å². The van der Waals surface area contributed by atoms with Crippen LogP contribution in [0.15, 0.2) is 48.7 Å². The lowest BCUT2D eigenvalue weighted by atomic mass is 10.0. The third-order valence-electron chi connectivity index (χ3n) is 3.98. The predicted molar refractivity (Wildman–Crippen MR) is 94.8 cm³/mol. The number of fused-ring (bicyclic) bond motifs is 1. The number of aromatic amines is 1. The quantitative estimate of drug-likeness (QED) is 0.684. The third kappa shape index (κ3) is 3.23. The number of amides is 1. The van der Waals surface area contributed by atoms with E-state index in [-0.39, 0.29) is 5.91 Å². The Morgan fingerprint density at radius 1 is 1.26 bits per heavy atom. The Bertz CT molecular complexity index is 856. The molecule has 0 spiro atoms. The molecule has 0 fully saturated rings. The van der Waals surface area contributed by atoms with Gasteiger partial charge in [-0.1, -0.05) is 35.9 Å². The summed E-state index contributed by atoms with van der Waals surface area (Å²) in [7, 11) is 0. The zero-order valence-corrected chi connectivity index (χ0v) is 13.5. The van der Waals surface area contributed by atoms with Crippen LogP contribution in [0.4, 0.5) is 5.69 Å². The molecule has 4 N–H and O–H groups in total. The zero-order chi connectivity index (χ0) is 16.4. The lowest BCUT2D eigenvalue weighted by molar-refractivity contribution is -0.117. The zero-order valence-electron chi connectivity index (χ0n) is 12.8. The highest BCUT2D eigenvalue weighted by Crippen LogP contribution is 2.23. The molecule has 4 nitrogen and oxygen atoms in total. The van der Waals surface area contributed by atoms with Crippen molar-refractivity contribution in [1.29, 1.82) is 0 Å². The number of carbonyl (C=O) groups excluding carboxylic acids is 1. The molecule has 1 aromatic heterocycles. The lowest BCUT2D eigenvalue weighted by Gasteiger charge is -2.14. The van der Waals surface area contributed by atoms with Crippen LogP contribution >= 0.6 is 11.6 Å². The van der Waals surface area contributed by atoms with Crippen molar-refractivity contribution in [2.75, 3.05) is 5.32 Å². The first-order valence-electron chi connectivity index (χ1n) is 7.43. The number of hydrogen-bond acceptors (Lipinski definition) is 2. The second-order valence-electron chi connectivity index (χ2n) is 5.57. The van der Waals surface area contributed by atoms with E-state index in [1.807, 2.05) is 43.5 Å². The van der Waals surface area contributed by atoms with E-state index in [9.17, 15) is 4.79 Å². The van der Waals surface area contributed by atoms with Gasteiger partial charge >= 0.3 is 0 Å². The summed E-state index contributed by atoms with van der Waals surface area (Å²) >= 11 is 6.07. The van der Waals surface area contributed by atoms with Gasteiger partial charge in [-0.3, -0.25) is 4.79 Å². The SMILES string of the molecule is Cc1c(Cl)cccc1NC(=O)[C@@H](N)Cc1c[nH]c2ccccc12. The molecule has 2 aromatic carbocycles. The summed E-state index contributed by atoms with van der Waals surface area (Å²) in [5.74, 6) is -0.222. The average molecular weight is 328 g/mol. The summed E-state index contributed by atoms with van der Waals surface area (Å²) in [6.07, 6.45) is 2.37. The molecule has 0 aliphatic carbocycles. The van der Waals surface area contributed by atoms with Crippen LogP contribution < -0.4 is 11.1 Å². The van der Waals surface area contributed by atoms with Gasteiger partial charge in [0.25, 0.3) is 0 Å². The standard InChI is InChI=1S/C18H18ClN3O/c1-11-14(19)6-4-8-16(11)22-18(23)15(20)9-12-10-21-17-7-3-2-5-13(12)17/h2-8,10,15,21H,9,20H2,1H3,(H,22,23)/t15-/m0/s1. The molecule has 5 heteroatoms. The molecule has 23 heavy (non-hydrogen) atoms. The molecule has 1 amide bonds. The van der Waals surface area contributed by atoms with Crippen LogP contribution in [0.25, 0.3) is 10.9 Å². The van der Waals surface area contributed by atoms with Gasteiger partial charge in [-0.25, -0.2) is 0 Å². The Labute approximate surface area is 139 Å². The van der Waals surface area contributed by atoms with E-state index < -0.39 is 6.04 Å². The Balaban J connectivity index is 1.74.